The van der Waals surface area contributed by atoms with E-state index >= 15 is 0 Å². The van der Waals surface area contributed by atoms with Gasteiger partial charge in [-0.2, -0.15) is 0 Å². The number of hydrogen-bond donors (Lipinski definition) is 9. The van der Waals surface area contributed by atoms with E-state index in [0.29, 0.717) is 12.8 Å². The average molecular weight is 1310 g/mol. The molecule has 12 atom stereocenters. The highest BCUT2D eigenvalue weighted by Gasteiger charge is 2.51. The number of amides is 1. The molecule has 0 aliphatic carbocycles. The smallest absolute Gasteiger partial charge is 0.220 e. The summed E-state index contributed by atoms with van der Waals surface area (Å²) in [7, 11) is 0. The third kappa shape index (κ3) is 45.7. The number of unbranched alkanes of at least 4 members (excludes halogenated alkanes) is 49. The van der Waals surface area contributed by atoms with E-state index in [4.69, 9.17) is 18.9 Å². The van der Waals surface area contributed by atoms with Crippen LogP contribution in [-0.2, 0) is 23.7 Å². The number of rotatable bonds is 66. The van der Waals surface area contributed by atoms with Gasteiger partial charge in [0.1, 0.15) is 48.8 Å². The lowest BCUT2D eigenvalue weighted by Crippen LogP contribution is -2.65. The summed E-state index contributed by atoms with van der Waals surface area (Å²) in [5.41, 5.74) is 0. The summed E-state index contributed by atoms with van der Waals surface area (Å²) in [4.78, 5) is 13.4. The van der Waals surface area contributed by atoms with Crippen molar-refractivity contribution in [2.45, 2.75) is 434 Å². The predicted molar refractivity (Wildman–Crippen MR) is 378 cm³/mol. The zero-order valence-corrected chi connectivity index (χ0v) is 59.3. The van der Waals surface area contributed by atoms with Crippen molar-refractivity contribution in [3.05, 3.63) is 36.5 Å². The summed E-state index contributed by atoms with van der Waals surface area (Å²) < 4.78 is 22.9. The van der Waals surface area contributed by atoms with Crippen LogP contribution in [0, 0.1) is 0 Å². The molecule has 2 fully saturated rings. The molecule has 0 saturated carbocycles. The summed E-state index contributed by atoms with van der Waals surface area (Å²) in [5, 5.41) is 87.6. The summed E-state index contributed by atoms with van der Waals surface area (Å²) >= 11 is 0. The maximum Gasteiger partial charge on any atom is 0.220 e. The first kappa shape index (κ1) is 86.3. The Morgan fingerprint density at radius 2 is 0.696 bits per heavy atom. The number of carbonyl (C=O) groups is 1. The lowest BCUT2D eigenvalue weighted by Gasteiger charge is -2.46. The molecule has 14 heteroatoms. The summed E-state index contributed by atoms with van der Waals surface area (Å²) in [6.07, 6.45) is 65.2. The number of aliphatic hydroxyl groups excluding tert-OH is 8. The third-order valence-electron chi connectivity index (χ3n) is 19.3. The number of hydrogen-bond acceptors (Lipinski definition) is 13. The molecule has 2 saturated heterocycles. The van der Waals surface area contributed by atoms with E-state index in [1.165, 1.54) is 295 Å². The van der Waals surface area contributed by atoms with E-state index in [1.54, 1.807) is 6.08 Å². The van der Waals surface area contributed by atoms with Gasteiger partial charge in [-0.3, -0.25) is 4.79 Å². The Labute approximate surface area is 563 Å². The standard InChI is InChI=1S/C78H147NO13/c1-3-5-7-9-11-13-15-17-19-21-23-25-27-29-30-31-32-33-34-35-36-38-40-42-44-46-48-50-52-54-56-58-60-62-70(83)79-66(65-89-77-75(88)73(86)76(69(64-81)91-77)92-78-74(87)72(85)71(84)68(63-80)90-78)67(82)61-59-57-55-53-51-49-47-45-43-41-39-37-28-26-24-22-20-18-16-14-12-10-8-6-4-2/h21,23,51,53,59,61,66-69,71-78,80-82,84-88H,3-20,22,24-50,52,54-58,60,62-65H2,1-2H3,(H,79,83)/b23-21-,53-51+,61-59+. The first-order chi connectivity index (χ1) is 45.1. The average Bonchev–Trinajstić information content (AvgIpc) is 0.829. The Morgan fingerprint density at radius 1 is 0.380 bits per heavy atom. The van der Waals surface area contributed by atoms with E-state index in [-0.39, 0.29) is 18.9 Å². The highest BCUT2D eigenvalue weighted by Crippen LogP contribution is 2.30. The number of allylic oxidation sites excluding steroid dienone is 5. The fourth-order valence-electron chi connectivity index (χ4n) is 13.1. The van der Waals surface area contributed by atoms with Crippen LogP contribution in [0.3, 0.4) is 0 Å². The van der Waals surface area contributed by atoms with Crippen molar-refractivity contribution in [3.63, 3.8) is 0 Å². The molecule has 1 amide bonds. The molecular formula is C78H147NO13. The highest BCUT2D eigenvalue weighted by molar-refractivity contribution is 5.76. The summed E-state index contributed by atoms with van der Waals surface area (Å²) in [5.74, 6) is -0.241. The Hall–Kier alpha value is -1.79. The van der Waals surface area contributed by atoms with Crippen molar-refractivity contribution in [2.24, 2.45) is 0 Å². The van der Waals surface area contributed by atoms with Gasteiger partial charge >= 0.3 is 0 Å². The van der Waals surface area contributed by atoms with Gasteiger partial charge in [-0.15, -0.1) is 0 Å². The highest BCUT2D eigenvalue weighted by atomic mass is 16.7. The number of nitrogens with one attached hydrogen (secondary N) is 1. The summed E-state index contributed by atoms with van der Waals surface area (Å²) in [6, 6.07) is -0.931. The van der Waals surface area contributed by atoms with E-state index in [1.807, 2.05) is 6.08 Å². The van der Waals surface area contributed by atoms with Crippen LogP contribution in [-0.4, -0.2) is 140 Å². The Balaban J connectivity index is 1.63. The van der Waals surface area contributed by atoms with Crippen molar-refractivity contribution in [3.8, 4) is 0 Å². The quantitative estimate of drug-likeness (QED) is 0.0204. The second-order valence-electron chi connectivity index (χ2n) is 27.8. The van der Waals surface area contributed by atoms with Crippen LogP contribution >= 0.6 is 0 Å². The Morgan fingerprint density at radius 3 is 1.07 bits per heavy atom. The predicted octanol–water partition coefficient (Wildman–Crippen LogP) is 17.2. The van der Waals surface area contributed by atoms with E-state index in [2.05, 4.69) is 43.5 Å². The molecule has 2 heterocycles. The molecule has 542 valence electrons. The zero-order chi connectivity index (χ0) is 66.6. The van der Waals surface area contributed by atoms with E-state index < -0.39 is 86.8 Å². The van der Waals surface area contributed by atoms with Crippen LogP contribution < -0.4 is 5.32 Å². The molecule has 2 aliphatic rings. The molecule has 2 aliphatic heterocycles. The molecule has 2 rings (SSSR count). The first-order valence-electron chi connectivity index (χ1n) is 39.2. The monoisotopic (exact) mass is 1310 g/mol. The van der Waals surface area contributed by atoms with Crippen LogP contribution in [0.4, 0.5) is 0 Å². The first-order valence-corrected chi connectivity index (χ1v) is 39.2. The molecule has 0 bridgehead atoms. The van der Waals surface area contributed by atoms with Gasteiger partial charge in [0.05, 0.1) is 32.0 Å². The minimum absolute atomic E-state index is 0.241. The van der Waals surface area contributed by atoms with Crippen molar-refractivity contribution < 1.29 is 64.6 Å². The van der Waals surface area contributed by atoms with Gasteiger partial charge in [0, 0.05) is 6.42 Å². The van der Waals surface area contributed by atoms with Crippen LogP contribution in [0.1, 0.15) is 361 Å². The fraction of sp³-hybridized carbons (Fsp3) is 0.910. The SMILES string of the molecule is CCCCCCCCCC/C=C\CCCCCCCCCCCCCCCCCCCCCCCC(=O)NC(COC1OC(CO)C(OC2OC(CO)C(O)C(O)C2O)C(O)C1O)C(O)/C=C/CC/C=C/CCCCCCCCCCCCCCCCCCCCC. The maximum absolute atomic E-state index is 13.4. The number of aliphatic hydroxyl groups is 8. The molecule has 0 radical (unpaired) electrons. The van der Waals surface area contributed by atoms with Gasteiger partial charge in [-0.1, -0.05) is 333 Å². The molecule has 0 aromatic heterocycles. The Kier molecular flexibility index (Phi) is 58.8. The van der Waals surface area contributed by atoms with Gasteiger partial charge < -0.3 is 65.1 Å². The lowest BCUT2D eigenvalue weighted by molar-refractivity contribution is -0.359. The molecule has 14 nitrogen and oxygen atoms in total. The zero-order valence-electron chi connectivity index (χ0n) is 59.3. The van der Waals surface area contributed by atoms with Gasteiger partial charge in [0.15, 0.2) is 12.6 Å². The molecule has 92 heavy (non-hydrogen) atoms. The molecule has 0 spiro atoms. The fourth-order valence-corrected chi connectivity index (χ4v) is 13.1. The minimum atomic E-state index is -1.79. The van der Waals surface area contributed by atoms with Crippen molar-refractivity contribution in [1.82, 2.24) is 5.32 Å². The minimum Gasteiger partial charge on any atom is -0.394 e. The molecule has 12 unspecified atom stereocenters. The summed E-state index contributed by atoms with van der Waals surface area (Å²) in [6.45, 7) is 2.84. The number of carbonyl (C=O) groups excluding carboxylic acids is 1. The lowest BCUT2D eigenvalue weighted by atomic mass is 9.97. The molecule has 0 aromatic carbocycles. The van der Waals surface area contributed by atoms with Crippen molar-refractivity contribution >= 4 is 5.91 Å². The third-order valence-corrected chi connectivity index (χ3v) is 19.3. The van der Waals surface area contributed by atoms with E-state index in [0.717, 1.165) is 32.1 Å². The van der Waals surface area contributed by atoms with Gasteiger partial charge in [0.25, 0.3) is 0 Å². The molecule has 0 aromatic rings. The topological polar surface area (TPSA) is 228 Å². The molecule has 9 N–H and O–H groups in total. The van der Waals surface area contributed by atoms with Crippen LogP contribution in [0.5, 0.6) is 0 Å². The Bertz CT molecular complexity index is 1680. The second-order valence-corrected chi connectivity index (χ2v) is 27.8. The van der Waals surface area contributed by atoms with Gasteiger partial charge in [0.2, 0.25) is 5.91 Å². The second kappa shape index (κ2) is 62.7. The van der Waals surface area contributed by atoms with Crippen LogP contribution in [0.15, 0.2) is 36.5 Å². The normalized spacial score (nSPS) is 22.8. The largest absolute Gasteiger partial charge is 0.394 e. The van der Waals surface area contributed by atoms with E-state index in [9.17, 15) is 45.6 Å². The van der Waals surface area contributed by atoms with Crippen LogP contribution in [0.25, 0.3) is 0 Å². The molecular weight excluding hydrogens is 1160 g/mol. The van der Waals surface area contributed by atoms with Gasteiger partial charge in [-0.25, -0.2) is 0 Å². The van der Waals surface area contributed by atoms with Crippen molar-refractivity contribution in [1.29, 1.82) is 0 Å². The van der Waals surface area contributed by atoms with Gasteiger partial charge in [-0.05, 0) is 57.8 Å². The van der Waals surface area contributed by atoms with Crippen LogP contribution in [0.2, 0.25) is 0 Å². The van der Waals surface area contributed by atoms with Crippen molar-refractivity contribution in [2.75, 3.05) is 19.8 Å². The number of ether oxygens (including phenoxy) is 4. The maximum atomic E-state index is 13.4.